The fourth-order valence-electron chi connectivity index (χ4n) is 3.46. The Morgan fingerprint density at radius 3 is 2.15 bits per heavy atom. The van der Waals surface area contributed by atoms with Crippen LogP contribution in [0.25, 0.3) is 0 Å². The fourth-order valence-corrected chi connectivity index (χ4v) is 3.68. The molecule has 2 aliphatic rings. The zero-order valence-corrected chi connectivity index (χ0v) is 15.8. The first-order valence-electron chi connectivity index (χ1n) is 9.09. The van der Waals surface area contributed by atoms with Gasteiger partial charge < -0.3 is 19.4 Å². The van der Waals surface area contributed by atoms with E-state index in [1.165, 1.54) is 0 Å². The third-order valence-electron chi connectivity index (χ3n) is 5.02. The summed E-state index contributed by atoms with van der Waals surface area (Å²) in [4.78, 5) is 15.7. The first-order valence-corrected chi connectivity index (χ1v) is 9.47. The lowest BCUT2D eigenvalue weighted by molar-refractivity contribution is 0.122. The minimum atomic E-state index is 0.503. The van der Waals surface area contributed by atoms with Crippen molar-refractivity contribution in [3.8, 4) is 6.07 Å². The summed E-state index contributed by atoms with van der Waals surface area (Å²) in [5, 5.41) is 9.52. The van der Waals surface area contributed by atoms with E-state index in [4.69, 9.17) is 21.6 Å². The van der Waals surface area contributed by atoms with Crippen LogP contribution in [0.15, 0.2) is 30.6 Å². The van der Waals surface area contributed by atoms with Gasteiger partial charge in [0.15, 0.2) is 0 Å². The molecule has 2 fully saturated rings. The van der Waals surface area contributed by atoms with Crippen molar-refractivity contribution < 1.29 is 4.74 Å². The quantitative estimate of drug-likeness (QED) is 0.803. The molecule has 140 valence electrons. The van der Waals surface area contributed by atoms with Gasteiger partial charge in [0, 0.05) is 51.0 Å². The Bertz CT molecular complexity index is 840. The Morgan fingerprint density at radius 2 is 1.52 bits per heavy atom. The van der Waals surface area contributed by atoms with Gasteiger partial charge in [0.25, 0.3) is 0 Å². The van der Waals surface area contributed by atoms with Gasteiger partial charge in [-0.05, 0) is 18.2 Å². The number of morpholine rings is 1. The van der Waals surface area contributed by atoms with Crippen molar-refractivity contribution in [1.82, 2.24) is 9.97 Å². The number of nitrogens with zero attached hydrogens (tertiary/aromatic N) is 6. The minimum Gasteiger partial charge on any atom is -0.378 e. The summed E-state index contributed by atoms with van der Waals surface area (Å²) >= 11 is 6.17. The zero-order chi connectivity index (χ0) is 18.6. The Labute approximate surface area is 163 Å². The largest absolute Gasteiger partial charge is 0.378 e. The molecular formula is C19H21ClN6O. The second-order valence-electron chi connectivity index (χ2n) is 6.58. The van der Waals surface area contributed by atoms with Crippen molar-refractivity contribution in [3.05, 3.63) is 41.2 Å². The number of halogens is 1. The van der Waals surface area contributed by atoms with Gasteiger partial charge in [-0.3, -0.25) is 0 Å². The van der Waals surface area contributed by atoms with Gasteiger partial charge in [-0.1, -0.05) is 11.6 Å². The highest BCUT2D eigenvalue weighted by Crippen LogP contribution is 2.25. The van der Waals surface area contributed by atoms with E-state index in [-0.39, 0.29) is 0 Å². The van der Waals surface area contributed by atoms with Gasteiger partial charge >= 0.3 is 0 Å². The normalized spacial score (nSPS) is 17.7. The number of piperazine rings is 1. The van der Waals surface area contributed by atoms with Crippen molar-refractivity contribution in [1.29, 1.82) is 5.26 Å². The summed E-state index contributed by atoms with van der Waals surface area (Å²) in [5.41, 5.74) is 1.56. The molecule has 3 heterocycles. The van der Waals surface area contributed by atoms with Crippen LogP contribution in [0.2, 0.25) is 5.02 Å². The summed E-state index contributed by atoms with van der Waals surface area (Å²) < 4.78 is 5.42. The summed E-state index contributed by atoms with van der Waals surface area (Å²) in [5.74, 6) is 1.92. The predicted octanol–water partition coefficient (Wildman–Crippen LogP) is 2.16. The Hall–Kier alpha value is -2.56. The molecule has 0 aliphatic carbocycles. The van der Waals surface area contributed by atoms with Gasteiger partial charge in [0.2, 0.25) is 0 Å². The molecule has 0 amide bonds. The minimum absolute atomic E-state index is 0.503. The van der Waals surface area contributed by atoms with Gasteiger partial charge in [-0.15, -0.1) is 0 Å². The summed E-state index contributed by atoms with van der Waals surface area (Å²) in [7, 11) is 0. The molecule has 0 saturated carbocycles. The van der Waals surface area contributed by atoms with Gasteiger partial charge in [-0.25, -0.2) is 9.97 Å². The highest BCUT2D eigenvalue weighted by atomic mass is 35.5. The third kappa shape index (κ3) is 3.92. The lowest BCUT2D eigenvalue weighted by atomic mass is 10.2. The number of hydrogen-bond acceptors (Lipinski definition) is 7. The molecule has 0 atom stereocenters. The molecule has 2 aliphatic heterocycles. The Balaban J connectivity index is 1.42. The number of ether oxygens (including phenoxy) is 1. The molecule has 0 unspecified atom stereocenters. The number of hydrogen-bond donors (Lipinski definition) is 0. The average molecular weight is 385 g/mol. The number of rotatable bonds is 3. The smallest absolute Gasteiger partial charge is 0.134 e. The molecule has 0 N–H and O–H groups in total. The molecule has 27 heavy (non-hydrogen) atoms. The van der Waals surface area contributed by atoms with E-state index in [1.807, 2.05) is 12.1 Å². The van der Waals surface area contributed by atoms with E-state index in [0.717, 1.165) is 69.8 Å². The van der Waals surface area contributed by atoms with Crippen LogP contribution in [0.3, 0.4) is 0 Å². The van der Waals surface area contributed by atoms with E-state index in [0.29, 0.717) is 10.6 Å². The molecule has 7 nitrogen and oxygen atoms in total. The monoisotopic (exact) mass is 384 g/mol. The van der Waals surface area contributed by atoms with Crippen molar-refractivity contribution in [3.63, 3.8) is 0 Å². The summed E-state index contributed by atoms with van der Waals surface area (Å²) in [6.45, 7) is 6.70. The summed E-state index contributed by atoms with van der Waals surface area (Å²) in [6, 6.07) is 9.78. The van der Waals surface area contributed by atoms with Crippen LogP contribution < -0.4 is 14.7 Å². The molecule has 8 heteroatoms. The zero-order valence-electron chi connectivity index (χ0n) is 15.0. The van der Waals surface area contributed by atoms with Crippen LogP contribution in [0.5, 0.6) is 0 Å². The van der Waals surface area contributed by atoms with Crippen LogP contribution in [0, 0.1) is 11.3 Å². The molecule has 0 spiro atoms. The Morgan fingerprint density at radius 1 is 0.889 bits per heavy atom. The predicted molar refractivity (Wildman–Crippen MR) is 106 cm³/mol. The van der Waals surface area contributed by atoms with Crippen molar-refractivity contribution in [2.75, 3.05) is 67.2 Å². The van der Waals surface area contributed by atoms with E-state index in [1.54, 1.807) is 12.4 Å². The van der Waals surface area contributed by atoms with E-state index < -0.39 is 0 Å². The van der Waals surface area contributed by atoms with Gasteiger partial charge in [0.05, 0.1) is 23.8 Å². The standard InChI is InChI=1S/C19H21ClN6O/c20-17-11-16(2-1-15(17)13-21)24-3-5-25(6-4-24)18-12-19(23-14-22-18)26-7-9-27-10-8-26/h1-2,11-12,14H,3-10H2. The topological polar surface area (TPSA) is 68.5 Å². The maximum Gasteiger partial charge on any atom is 0.134 e. The van der Waals surface area contributed by atoms with Crippen LogP contribution in [0.1, 0.15) is 5.56 Å². The lowest BCUT2D eigenvalue weighted by Gasteiger charge is -2.37. The number of nitriles is 1. The van der Waals surface area contributed by atoms with E-state index >= 15 is 0 Å². The second-order valence-corrected chi connectivity index (χ2v) is 6.99. The molecule has 2 saturated heterocycles. The van der Waals surface area contributed by atoms with Gasteiger partial charge in [-0.2, -0.15) is 5.26 Å². The van der Waals surface area contributed by atoms with Crippen LogP contribution in [0.4, 0.5) is 17.3 Å². The van der Waals surface area contributed by atoms with Crippen LogP contribution >= 0.6 is 11.6 Å². The molecule has 0 bridgehead atoms. The van der Waals surface area contributed by atoms with Crippen LogP contribution in [-0.4, -0.2) is 62.5 Å². The molecule has 2 aromatic rings. The molecule has 1 aromatic heterocycles. The highest BCUT2D eigenvalue weighted by Gasteiger charge is 2.20. The Kier molecular flexibility index (Phi) is 5.28. The molecule has 0 radical (unpaired) electrons. The number of benzene rings is 1. The second kappa shape index (κ2) is 7.99. The van der Waals surface area contributed by atoms with Crippen molar-refractivity contribution in [2.24, 2.45) is 0 Å². The SMILES string of the molecule is N#Cc1ccc(N2CCN(c3cc(N4CCOCC4)ncn3)CC2)cc1Cl. The van der Waals surface area contributed by atoms with Crippen molar-refractivity contribution >= 4 is 28.9 Å². The first kappa shape index (κ1) is 17.8. The highest BCUT2D eigenvalue weighted by molar-refractivity contribution is 6.32. The van der Waals surface area contributed by atoms with E-state index in [2.05, 4.69) is 36.8 Å². The van der Waals surface area contributed by atoms with Crippen molar-refractivity contribution in [2.45, 2.75) is 0 Å². The molecule has 1 aromatic carbocycles. The van der Waals surface area contributed by atoms with E-state index in [9.17, 15) is 0 Å². The first-order chi connectivity index (χ1) is 13.2. The maximum atomic E-state index is 9.02. The maximum absolute atomic E-state index is 9.02. The van der Waals surface area contributed by atoms with Crippen LogP contribution in [-0.2, 0) is 4.74 Å². The summed E-state index contributed by atoms with van der Waals surface area (Å²) in [6.07, 6.45) is 1.65. The molecule has 4 rings (SSSR count). The fraction of sp³-hybridized carbons (Fsp3) is 0.421. The van der Waals surface area contributed by atoms with Gasteiger partial charge in [0.1, 0.15) is 24.0 Å². The molecular weight excluding hydrogens is 364 g/mol. The third-order valence-corrected chi connectivity index (χ3v) is 5.33. The number of aromatic nitrogens is 2. The lowest BCUT2D eigenvalue weighted by Crippen LogP contribution is -2.47. The average Bonchev–Trinajstić information content (AvgIpc) is 2.74. The number of anilines is 3.